The number of carbonyl (C=O) groups is 1. The second kappa shape index (κ2) is 12.0. The van der Waals surface area contributed by atoms with Crippen molar-refractivity contribution in [3.05, 3.63) is 0 Å². The molecule has 1 N–H and O–H groups in total. The minimum Gasteiger partial charge on any atom is -0.343 e. The zero-order valence-corrected chi connectivity index (χ0v) is 14.3. The van der Waals surface area contributed by atoms with Gasteiger partial charge in [-0.05, 0) is 26.3 Å². The Labute approximate surface area is 131 Å². The molecule has 0 spiro atoms. The van der Waals surface area contributed by atoms with Crippen molar-refractivity contribution in [3.63, 3.8) is 0 Å². The Morgan fingerprint density at radius 1 is 0.952 bits per heavy atom. The molecule has 1 heterocycles. The van der Waals surface area contributed by atoms with E-state index in [9.17, 15) is 4.79 Å². The molecule has 1 saturated heterocycles. The number of rotatable bonds is 11. The summed E-state index contributed by atoms with van der Waals surface area (Å²) in [6.45, 7) is 4.15. The van der Waals surface area contributed by atoms with Gasteiger partial charge in [-0.15, -0.1) is 0 Å². The van der Waals surface area contributed by atoms with Crippen molar-refractivity contribution in [3.8, 4) is 0 Å². The van der Waals surface area contributed by atoms with Gasteiger partial charge in [0.1, 0.15) is 0 Å². The number of carbonyl (C=O) groups excluding carboxylic acids is 1. The number of likely N-dealkylation sites (tertiary alicyclic amines) is 1. The number of hydrogen-bond acceptors (Lipinski definition) is 2. The van der Waals surface area contributed by atoms with E-state index in [0.29, 0.717) is 11.9 Å². The van der Waals surface area contributed by atoms with Crippen LogP contribution >= 0.6 is 0 Å². The van der Waals surface area contributed by atoms with Crippen LogP contribution < -0.4 is 5.32 Å². The maximum atomic E-state index is 12.1. The lowest BCUT2D eigenvalue weighted by molar-refractivity contribution is -0.132. The van der Waals surface area contributed by atoms with Crippen molar-refractivity contribution in [1.29, 1.82) is 0 Å². The van der Waals surface area contributed by atoms with Gasteiger partial charge in [0.2, 0.25) is 5.91 Å². The molecule has 3 heteroatoms. The molecule has 0 aromatic heterocycles. The summed E-state index contributed by atoms with van der Waals surface area (Å²) in [5.74, 6) is 0.382. The molecule has 124 valence electrons. The first-order chi connectivity index (χ1) is 10.3. The van der Waals surface area contributed by atoms with E-state index in [2.05, 4.69) is 17.1 Å². The van der Waals surface area contributed by atoms with E-state index in [1.165, 1.54) is 51.4 Å². The molecule has 1 aliphatic heterocycles. The topological polar surface area (TPSA) is 32.3 Å². The summed E-state index contributed by atoms with van der Waals surface area (Å²) >= 11 is 0. The lowest BCUT2D eigenvalue weighted by atomic mass is 10.0. The van der Waals surface area contributed by atoms with Crippen LogP contribution in [0.15, 0.2) is 0 Å². The van der Waals surface area contributed by atoms with Crippen LogP contribution in [0, 0.1) is 0 Å². The predicted molar refractivity (Wildman–Crippen MR) is 90.5 cm³/mol. The zero-order valence-electron chi connectivity index (χ0n) is 14.3. The fourth-order valence-electron chi connectivity index (χ4n) is 3.16. The van der Waals surface area contributed by atoms with Gasteiger partial charge in [-0.2, -0.15) is 0 Å². The fraction of sp³-hybridized carbons (Fsp3) is 0.944. The fourth-order valence-corrected chi connectivity index (χ4v) is 3.16. The quantitative estimate of drug-likeness (QED) is 0.582. The summed E-state index contributed by atoms with van der Waals surface area (Å²) in [4.78, 5) is 14.2. The number of nitrogens with zero attached hydrogens (tertiary/aromatic N) is 1. The molecule has 0 unspecified atom stereocenters. The summed E-state index contributed by atoms with van der Waals surface area (Å²) in [6.07, 6.45) is 14.8. The van der Waals surface area contributed by atoms with Crippen molar-refractivity contribution in [1.82, 2.24) is 10.2 Å². The molecule has 1 amide bonds. The normalized spacial score (nSPS) is 16.4. The molecule has 0 aliphatic carbocycles. The lowest BCUT2D eigenvalue weighted by Crippen LogP contribution is -2.43. The molecule has 0 radical (unpaired) electrons. The maximum Gasteiger partial charge on any atom is 0.222 e. The lowest BCUT2D eigenvalue weighted by Gasteiger charge is -2.31. The van der Waals surface area contributed by atoms with E-state index in [-0.39, 0.29) is 0 Å². The average molecular weight is 296 g/mol. The smallest absolute Gasteiger partial charge is 0.222 e. The molecule has 21 heavy (non-hydrogen) atoms. The molecule has 1 rings (SSSR count). The largest absolute Gasteiger partial charge is 0.343 e. The number of piperidine rings is 1. The number of unbranched alkanes of at least 4 members (excludes halogenated alkanes) is 8. The van der Waals surface area contributed by atoms with Crippen molar-refractivity contribution in [2.75, 3.05) is 20.1 Å². The second-order valence-corrected chi connectivity index (χ2v) is 6.52. The van der Waals surface area contributed by atoms with Crippen LogP contribution in [0.2, 0.25) is 0 Å². The molecule has 0 aromatic carbocycles. The SMILES string of the molecule is CCCCCCCCCCCC(=O)N1CCC(NC)CC1. The van der Waals surface area contributed by atoms with E-state index in [0.717, 1.165) is 38.8 Å². The Hall–Kier alpha value is -0.570. The molecule has 0 atom stereocenters. The molecular formula is C18H36N2O. The van der Waals surface area contributed by atoms with Gasteiger partial charge in [0.25, 0.3) is 0 Å². The van der Waals surface area contributed by atoms with E-state index in [1.54, 1.807) is 0 Å². The third kappa shape index (κ3) is 8.45. The van der Waals surface area contributed by atoms with Crippen LogP contribution in [0.5, 0.6) is 0 Å². The molecular weight excluding hydrogens is 260 g/mol. The minimum absolute atomic E-state index is 0.382. The Morgan fingerprint density at radius 3 is 2.00 bits per heavy atom. The summed E-state index contributed by atoms with van der Waals surface area (Å²) in [6, 6.07) is 0.613. The van der Waals surface area contributed by atoms with Crippen molar-refractivity contribution in [2.45, 2.75) is 90.0 Å². The van der Waals surface area contributed by atoms with Crippen LogP contribution in [0.1, 0.15) is 84.0 Å². The summed E-state index contributed by atoms with van der Waals surface area (Å²) < 4.78 is 0. The molecule has 3 nitrogen and oxygen atoms in total. The molecule has 0 aromatic rings. The van der Waals surface area contributed by atoms with Crippen molar-refractivity contribution in [2.24, 2.45) is 0 Å². The monoisotopic (exact) mass is 296 g/mol. The van der Waals surface area contributed by atoms with Gasteiger partial charge in [-0.1, -0.05) is 58.3 Å². The first-order valence-electron chi connectivity index (χ1n) is 9.23. The summed E-state index contributed by atoms with van der Waals surface area (Å²) in [5.41, 5.74) is 0. The van der Waals surface area contributed by atoms with Gasteiger partial charge >= 0.3 is 0 Å². The van der Waals surface area contributed by atoms with Crippen LogP contribution in [0.25, 0.3) is 0 Å². The minimum atomic E-state index is 0.382. The average Bonchev–Trinajstić information content (AvgIpc) is 2.53. The second-order valence-electron chi connectivity index (χ2n) is 6.52. The standard InChI is InChI=1S/C18H36N2O/c1-3-4-5-6-7-8-9-10-11-12-18(21)20-15-13-17(19-2)14-16-20/h17,19H,3-16H2,1-2H3. The molecule has 1 aliphatic rings. The predicted octanol–water partition coefficient (Wildman–Crippen LogP) is 4.12. The first kappa shape index (κ1) is 18.5. The Kier molecular flexibility index (Phi) is 10.6. The Morgan fingerprint density at radius 2 is 1.48 bits per heavy atom. The first-order valence-corrected chi connectivity index (χ1v) is 9.23. The Bertz CT molecular complexity index is 260. The maximum absolute atomic E-state index is 12.1. The van der Waals surface area contributed by atoms with E-state index >= 15 is 0 Å². The van der Waals surface area contributed by atoms with Crippen molar-refractivity contribution >= 4 is 5.91 Å². The third-order valence-corrected chi connectivity index (χ3v) is 4.75. The highest BCUT2D eigenvalue weighted by Gasteiger charge is 2.20. The van der Waals surface area contributed by atoms with Gasteiger partial charge < -0.3 is 10.2 Å². The Balaban J connectivity index is 1.92. The summed E-state index contributed by atoms with van der Waals surface area (Å²) in [5, 5.41) is 3.31. The van der Waals surface area contributed by atoms with Gasteiger partial charge in [0.05, 0.1) is 0 Å². The highest BCUT2D eigenvalue weighted by Crippen LogP contribution is 2.14. The van der Waals surface area contributed by atoms with Crippen LogP contribution in [0.4, 0.5) is 0 Å². The van der Waals surface area contributed by atoms with Gasteiger partial charge in [-0.25, -0.2) is 0 Å². The van der Waals surface area contributed by atoms with Crippen LogP contribution in [-0.4, -0.2) is 37.0 Å². The van der Waals surface area contributed by atoms with Gasteiger partial charge in [0, 0.05) is 25.6 Å². The van der Waals surface area contributed by atoms with E-state index in [4.69, 9.17) is 0 Å². The van der Waals surface area contributed by atoms with Crippen LogP contribution in [-0.2, 0) is 4.79 Å². The molecule has 0 bridgehead atoms. The van der Waals surface area contributed by atoms with Crippen molar-refractivity contribution < 1.29 is 4.79 Å². The van der Waals surface area contributed by atoms with Crippen LogP contribution in [0.3, 0.4) is 0 Å². The van der Waals surface area contributed by atoms with Gasteiger partial charge in [0.15, 0.2) is 0 Å². The zero-order chi connectivity index (χ0) is 15.3. The molecule has 0 saturated carbocycles. The molecule has 1 fully saturated rings. The van der Waals surface area contributed by atoms with Gasteiger partial charge in [-0.3, -0.25) is 4.79 Å². The number of hydrogen-bond donors (Lipinski definition) is 1. The van der Waals surface area contributed by atoms with E-state index in [1.807, 2.05) is 7.05 Å². The highest BCUT2D eigenvalue weighted by atomic mass is 16.2. The third-order valence-electron chi connectivity index (χ3n) is 4.75. The van der Waals surface area contributed by atoms with E-state index < -0.39 is 0 Å². The number of amides is 1. The highest BCUT2D eigenvalue weighted by molar-refractivity contribution is 5.76. The number of nitrogens with one attached hydrogen (secondary N) is 1. The summed E-state index contributed by atoms with van der Waals surface area (Å²) in [7, 11) is 2.02.